The molecule has 6 nitrogen and oxygen atoms in total. The van der Waals surface area contributed by atoms with Crippen molar-refractivity contribution >= 4 is 34.0 Å². The zero-order valence-corrected chi connectivity index (χ0v) is 15.1. The van der Waals surface area contributed by atoms with E-state index in [2.05, 4.69) is 34.4 Å². The Balaban J connectivity index is 1.94. The van der Waals surface area contributed by atoms with E-state index in [4.69, 9.17) is 0 Å². The number of amides is 2. The number of ketones is 1. The number of aromatic nitrogens is 1. The van der Waals surface area contributed by atoms with Crippen LogP contribution in [0.3, 0.4) is 0 Å². The fourth-order valence-electron chi connectivity index (χ4n) is 1.95. The van der Waals surface area contributed by atoms with Crippen LogP contribution in [0.15, 0.2) is 29.6 Å². The lowest BCUT2D eigenvalue weighted by atomic mass is 10.1. The molecular weight excluding hydrogens is 324 g/mol. The van der Waals surface area contributed by atoms with Gasteiger partial charge in [-0.05, 0) is 40.0 Å². The molecule has 1 heterocycles. The topological polar surface area (TPSA) is 74.3 Å². The van der Waals surface area contributed by atoms with E-state index in [0.29, 0.717) is 22.4 Å². The number of carbonyl (C=O) groups excluding carboxylic acids is 2. The molecule has 0 aliphatic heterocycles. The maximum absolute atomic E-state index is 12.1. The molecule has 0 bridgehead atoms. The molecule has 2 rings (SSSR count). The van der Waals surface area contributed by atoms with E-state index in [1.807, 2.05) is 12.4 Å². The molecule has 0 atom stereocenters. The normalized spacial score (nSPS) is 10.9. The molecule has 0 aliphatic carbocycles. The molecule has 1 aromatic heterocycles. The number of benzene rings is 1. The summed E-state index contributed by atoms with van der Waals surface area (Å²) >= 11 is 1.39. The maximum atomic E-state index is 12.1. The molecule has 0 saturated carbocycles. The molecule has 0 unspecified atom stereocenters. The average molecular weight is 346 g/mol. The Hall–Kier alpha value is -2.25. The number of urea groups is 1. The van der Waals surface area contributed by atoms with Crippen molar-refractivity contribution in [1.82, 2.24) is 9.88 Å². The lowest BCUT2D eigenvalue weighted by Gasteiger charge is -2.19. The summed E-state index contributed by atoms with van der Waals surface area (Å²) in [5.74, 6) is -0.0436. The van der Waals surface area contributed by atoms with Crippen LogP contribution in [0.5, 0.6) is 0 Å². The molecule has 1 aromatic carbocycles. The quantitative estimate of drug-likeness (QED) is 0.780. The van der Waals surface area contributed by atoms with Gasteiger partial charge in [-0.3, -0.25) is 15.0 Å². The second-order valence-electron chi connectivity index (χ2n) is 5.87. The molecule has 2 N–H and O–H groups in total. The fraction of sp³-hybridized carbons (Fsp3) is 0.353. The summed E-state index contributed by atoms with van der Waals surface area (Å²) < 4.78 is 0. The van der Waals surface area contributed by atoms with Crippen molar-refractivity contribution in [3.63, 3.8) is 0 Å². The highest BCUT2D eigenvalue weighted by Gasteiger charge is 2.10. The SMILES string of the molecule is CC(=O)c1cccc(NC(=O)Nc2nc(CN(C)C(C)C)cs2)c1. The van der Waals surface area contributed by atoms with Crippen LogP contribution in [0.2, 0.25) is 0 Å². The smallest absolute Gasteiger partial charge is 0.308 e. The molecule has 0 spiro atoms. The summed E-state index contributed by atoms with van der Waals surface area (Å²) in [6.45, 7) is 6.46. The van der Waals surface area contributed by atoms with Gasteiger partial charge in [0.1, 0.15) is 0 Å². The molecule has 24 heavy (non-hydrogen) atoms. The lowest BCUT2D eigenvalue weighted by Crippen LogP contribution is -2.25. The number of rotatable bonds is 6. The minimum Gasteiger partial charge on any atom is -0.308 e. The zero-order valence-electron chi connectivity index (χ0n) is 14.3. The van der Waals surface area contributed by atoms with Crippen LogP contribution >= 0.6 is 11.3 Å². The van der Waals surface area contributed by atoms with Gasteiger partial charge in [0.2, 0.25) is 0 Å². The number of anilines is 2. The van der Waals surface area contributed by atoms with Gasteiger partial charge in [0.15, 0.2) is 10.9 Å². The van der Waals surface area contributed by atoms with Crippen molar-refractivity contribution in [1.29, 1.82) is 0 Å². The van der Waals surface area contributed by atoms with E-state index in [1.165, 1.54) is 18.3 Å². The van der Waals surface area contributed by atoms with Crippen LogP contribution in [0, 0.1) is 0 Å². The number of Topliss-reactive ketones (excluding diaryl/α,β-unsaturated/α-hetero) is 1. The van der Waals surface area contributed by atoms with Gasteiger partial charge in [0.05, 0.1) is 5.69 Å². The first kappa shape index (κ1) is 18.1. The van der Waals surface area contributed by atoms with Crippen LogP contribution in [-0.4, -0.2) is 34.8 Å². The first-order valence-corrected chi connectivity index (χ1v) is 8.56. The van der Waals surface area contributed by atoms with E-state index in [0.717, 1.165) is 12.2 Å². The minimum absolute atomic E-state index is 0.0436. The van der Waals surface area contributed by atoms with E-state index in [-0.39, 0.29) is 11.8 Å². The van der Waals surface area contributed by atoms with Crippen molar-refractivity contribution < 1.29 is 9.59 Å². The van der Waals surface area contributed by atoms with Crippen LogP contribution in [-0.2, 0) is 6.54 Å². The highest BCUT2D eigenvalue weighted by molar-refractivity contribution is 7.13. The number of nitrogens with one attached hydrogen (secondary N) is 2. The number of hydrogen-bond acceptors (Lipinski definition) is 5. The third kappa shape index (κ3) is 5.14. The van der Waals surface area contributed by atoms with Gasteiger partial charge >= 0.3 is 6.03 Å². The molecule has 0 fully saturated rings. The molecular formula is C17H22N4O2S. The summed E-state index contributed by atoms with van der Waals surface area (Å²) in [5.41, 5.74) is 2.04. The molecule has 7 heteroatoms. The largest absolute Gasteiger partial charge is 0.325 e. The van der Waals surface area contributed by atoms with Crippen molar-refractivity contribution in [2.24, 2.45) is 0 Å². The Morgan fingerprint density at radius 2 is 2.04 bits per heavy atom. The first-order chi connectivity index (χ1) is 11.3. The highest BCUT2D eigenvalue weighted by atomic mass is 32.1. The third-order valence-corrected chi connectivity index (χ3v) is 4.40. The molecule has 0 aliphatic rings. The molecule has 0 saturated heterocycles. The Labute approximate surface area is 145 Å². The average Bonchev–Trinajstić information content (AvgIpc) is 2.94. The molecule has 2 aromatic rings. The second kappa shape index (κ2) is 8.03. The zero-order chi connectivity index (χ0) is 17.7. The number of hydrogen-bond donors (Lipinski definition) is 2. The summed E-state index contributed by atoms with van der Waals surface area (Å²) in [6.07, 6.45) is 0. The van der Waals surface area contributed by atoms with Crippen LogP contribution in [0.4, 0.5) is 15.6 Å². The van der Waals surface area contributed by atoms with Crippen LogP contribution in [0.1, 0.15) is 36.8 Å². The van der Waals surface area contributed by atoms with Crippen molar-refractivity contribution in [3.8, 4) is 0 Å². The Bertz CT molecular complexity index is 727. The van der Waals surface area contributed by atoms with Gasteiger partial charge in [0, 0.05) is 29.2 Å². The van der Waals surface area contributed by atoms with Crippen molar-refractivity contribution in [2.75, 3.05) is 17.7 Å². The number of nitrogens with zero attached hydrogens (tertiary/aromatic N) is 2. The van der Waals surface area contributed by atoms with Gasteiger partial charge < -0.3 is 5.32 Å². The van der Waals surface area contributed by atoms with Gasteiger partial charge in [-0.2, -0.15) is 0 Å². The van der Waals surface area contributed by atoms with E-state index < -0.39 is 0 Å². The second-order valence-corrected chi connectivity index (χ2v) is 6.73. The van der Waals surface area contributed by atoms with Gasteiger partial charge in [0.25, 0.3) is 0 Å². The van der Waals surface area contributed by atoms with Crippen molar-refractivity contribution in [3.05, 3.63) is 40.9 Å². The summed E-state index contributed by atoms with van der Waals surface area (Å²) in [6, 6.07) is 6.87. The minimum atomic E-state index is -0.381. The van der Waals surface area contributed by atoms with Crippen LogP contribution in [0.25, 0.3) is 0 Å². The fourth-order valence-corrected chi connectivity index (χ4v) is 2.65. The maximum Gasteiger partial charge on any atom is 0.325 e. The standard InChI is InChI=1S/C17H22N4O2S/c1-11(2)21(4)9-15-10-24-17(19-15)20-16(23)18-14-7-5-6-13(8-14)12(3)22/h5-8,10-11H,9H2,1-4H3,(H2,18,19,20,23). The highest BCUT2D eigenvalue weighted by Crippen LogP contribution is 2.18. The Morgan fingerprint density at radius 1 is 1.29 bits per heavy atom. The van der Waals surface area contributed by atoms with E-state index in [9.17, 15) is 9.59 Å². The third-order valence-electron chi connectivity index (χ3n) is 3.59. The summed E-state index contributed by atoms with van der Waals surface area (Å²) in [7, 11) is 2.03. The Morgan fingerprint density at radius 3 is 2.71 bits per heavy atom. The number of thiazole rings is 1. The number of carbonyl (C=O) groups is 2. The molecule has 2 amide bonds. The van der Waals surface area contributed by atoms with Gasteiger partial charge in [-0.1, -0.05) is 12.1 Å². The lowest BCUT2D eigenvalue weighted by molar-refractivity contribution is 0.101. The van der Waals surface area contributed by atoms with Crippen molar-refractivity contribution in [2.45, 2.75) is 33.4 Å². The van der Waals surface area contributed by atoms with E-state index >= 15 is 0 Å². The van der Waals surface area contributed by atoms with Gasteiger partial charge in [-0.15, -0.1) is 11.3 Å². The summed E-state index contributed by atoms with van der Waals surface area (Å²) in [4.78, 5) is 30.0. The molecule has 0 radical (unpaired) electrons. The van der Waals surface area contributed by atoms with Gasteiger partial charge in [-0.25, -0.2) is 9.78 Å². The molecule has 128 valence electrons. The predicted octanol–water partition coefficient (Wildman–Crippen LogP) is 3.83. The first-order valence-electron chi connectivity index (χ1n) is 7.69. The van der Waals surface area contributed by atoms with E-state index in [1.54, 1.807) is 24.3 Å². The summed E-state index contributed by atoms with van der Waals surface area (Å²) in [5, 5.41) is 7.90. The predicted molar refractivity (Wildman–Crippen MR) is 97.8 cm³/mol. The van der Waals surface area contributed by atoms with Crippen LogP contribution < -0.4 is 10.6 Å². The monoisotopic (exact) mass is 346 g/mol. The Kier molecular flexibility index (Phi) is 6.05.